The summed E-state index contributed by atoms with van der Waals surface area (Å²) in [6.45, 7) is 6.95. The van der Waals surface area contributed by atoms with E-state index in [1.54, 1.807) is 24.3 Å². The number of rotatable bonds is 7. The predicted molar refractivity (Wildman–Crippen MR) is 115 cm³/mol. The van der Waals surface area contributed by atoms with Crippen LogP contribution in [0.3, 0.4) is 0 Å². The van der Waals surface area contributed by atoms with Gasteiger partial charge in [0, 0.05) is 6.08 Å². The van der Waals surface area contributed by atoms with Crippen LogP contribution < -0.4 is 9.47 Å². The van der Waals surface area contributed by atoms with Crippen LogP contribution in [0.25, 0.3) is 22.3 Å². The molecular weight excluding hydrogens is 380 g/mol. The molecule has 0 N–H and O–H groups in total. The summed E-state index contributed by atoms with van der Waals surface area (Å²) < 4.78 is 15.0. The predicted octanol–water partition coefficient (Wildman–Crippen LogP) is 5.81. The van der Waals surface area contributed by atoms with E-state index in [1.807, 2.05) is 48.5 Å². The third-order valence-electron chi connectivity index (χ3n) is 4.17. The summed E-state index contributed by atoms with van der Waals surface area (Å²) in [6.07, 6.45) is 1.83. The van der Waals surface area contributed by atoms with Crippen molar-refractivity contribution in [2.75, 3.05) is 6.61 Å². The molecule has 0 aliphatic rings. The fourth-order valence-electron chi connectivity index (χ4n) is 2.70. The quantitative estimate of drug-likeness (QED) is 0.165. The number of esters is 1. The Bertz CT molecular complexity index is 1030. The molecule has 0 saturated carbocycles. The minimum Gasteiger partial charge on any atom is -0.430 e. The molecule has 0 amide bonds. The Labute approximate surface area is 174 Å². The van der Waals surface area contributed by atoms with Crippen LogP contribution in [0.2, 0.25) is 0 Å². The number of carbonyl (C=O) groups excluding carboxylic acids is 2. The molecule has 0 spiro atoms. The second-order valence-electron chi connectivity index (χ2n) is 6.20. The van der Waals surface area contributed by atoms with E-state index in [9.17, 15) is 9.59 Å². The number of hydrogen-bond donors (Lipinski definition) is 0. The molecule has 150 valence electrons. The number of benzene rings is 3. The lowest BCUT2D eigenvalue weighted by Gasteiger charge is -2.08. The molecule has 0 fully saturated rings. The first-order chi connectivity index (χ1) is 14.6. The summed E-state index contributed by atoms with van der Waals surface area (Å²) in [7, 11) is 0. The molecule has 3 aromatic rings. The van der Waals surface area contributed by atoms with Crippen LogP contribution in [0.1, 0.15) is 0 Å². The van der Waals surface area contributed by atoms with Gasteiger partial charge < -0.3 is 14.2 Å². The van der Waals surface area contributed by atoms with Gasteiger partial charge in [0.05, 0.1) is 0 Å². The zero-order chi connectivity index (χ0) is 21.3. The highest BCUT2D eigenvalue weighted by Crippen LogP contribution is 2.27. The van der Waals surface area contributed by atoms with Crippen molar-refractivity contribution in [2.24, 2.45) is 0 Å². The Morgan fingerprint density at radius 3 is 1.47 bits per heavy atom. The van der Waals surface area contributed by atoms with Crippen molar-refractivity contribution >= 4 is 12.1 Å². The van der Waals surface area contributed by atoms with E-state index >= 15 is 0 Å². The van der Waals surface area contributed by atoms with Gasteiger partial charge in [-0.05, 0) is 46.5 Å². The minimum atomic E-state index is -0.766. The Balaban J connectivity index is 1.66. The van der Waals surface area contributed by atoms with E-state index < -0.39 is 12.1 Å². The normalized spacial score (nSPS) is 10.0. The average molecular weight is 400 g/mol. The third kappa shape index (κ3) is 5.45. The monoisotopic (exact) mass is 400 g/mol. The Morgan fingerprint density at radius 1 is 0.667 bits per heavy atom. The van der Waals surface area contributed by atoms with Gasteiger partial charge in [-0.25, -0.2) is 9.59 Å². The van der Waals surface area contributed by atoms with Crippen LogP contribution in [0.4, 0.5) is 4.79 Å². The smallest absolute Gasteiger partial charge is 0.430 e. The van der Waals surface area contributed by atoms with E-state index in [2.05, 4.69) is 13.2 Å². The molecule has 0 heterocycles. The van der Waals surface area contributed by atoms with Crippen LogP contribution in [0.5, 0.6) is 11.5 Å². The molecule has 5 nitrogen and oxygen atoms in total. The highest BCUT2D eigenvalue weighted by Gasteiger charge is 2.06. The summed E-state index contributed by atoms with van der Waals surface area (Å²) in [5.74, 6) is 0.384. The first-order valence-corrected chi connectivity index (χ1v) is 9.20. The second kappa shape index (κ2) is 9.89. The van der Waals surface area contributed by atoms with Gasteiger partial charge in [-0.1, -0.05) is 67.8 Å². The maximum absolute atomic E-state index is 11.5. The van der Waals surface area contributed by atoms with E-state index in [-0.39, 0.29) is 6.61 Å². The molecule has 3 rings (SSSR count). The molecule has 5 heteroatoms. The highest BCUT2D eigenvalue weighted by atomic mass is 16.7. The summed E-state index contributed by atoms with van der Waals surface area (Å²) in [5.41, 5.74) is 4.04. The van der Waals surface area contributed by atoms with Crippen molar-refractivity contribution in [2.45, 2.75) is 0 Å². The van der Waals surface area contributed by atoms with Gasteiger partial charge in [-0.15, -0.1) is 0 Å². The average Bonchev–Trinajstić information content (AvgIpc) is 2.79. The van der Waals surface area contributed by atoms with Crippen molar-refractivity contribution < 1.29 is 23.8 Å². The fourth-order valence-corrected chi connectivity index (χ4v) is 2.70. The fraction of sp³-hybridized carbons (Fsp3) is 0.0400. The lowest BCUT2D eigenvalue weighted by atomic mass is 10.0. The Kier molecular flexibility index (Phi) is 6.79. The van der Waals surface area contributed by atoms with Crippen molar-refractivity contribution in [3.05, 3.63) is 98.1 Å². The number of ether oxygens (including phenoxy) is 3. The third-order valence-corrected chi connectivity index (χ3v) is 4.17. The van der Waals surface area contributed by atoms with Crippen LogP contribution in [-0.2, 0) is 9.53 Å². The zero-order valence-corrected chi connectivity index (χ0v) is 16.2. The maximum atomic E-state index is 11.5. The standard InChI is InChI=1S/C25H20O5/c1-3-17-28-25(27)30-23-15-11-21(12-16-23)19-7-5-18(6-8-19)20-9-13-22(14-10-20)29-24(26)4-2/h3-16H,1-2,17H2. The molecule has 0 aliphatic carbocycles. The van der Waals surface area contributed by atoms with Crippen molar-refractivity contribution in [3.63, 3.8) is 0 Å². The van der Waals surface area contributed by atoms with Gasteiger partial charge in [0.2, 0.25) is 0 Å². The van der Waals surface area contributed by atoms with Crippen molar-refractivity contribution in [1.82, 2.24) is 0 Å². The van der Waals surface area contributed by atoms with Crippen LogP contribution in [0, 0.1) is 0 Å². The summed E-state index contributed by atoms with van der Waals surface area (Å²) in [6, 6.07) is 22.5. The molecule has 0 aliphatic heterocycles. The molecular formula is C25H20O5. The lowest BCUT2D eigenvalue weighted by molar-refractivity contribution is -0.128. The topological polar surface area (TPSA) is 61.8 Å². The summed E-state index contributed by atoms with van der Waals surface area (Å²) in [4.78, 5) is 22.7. The van der Waals surface area contributed by atoms with Gasteiger partial charge in [-0.2, -0.15) is 0 Å². The SMILES string of the molecule is C=CCOC(=O)Oc1ccc(-c2ccc(-c3ccc(OC(=O)C=C)cc3)cc2)cc1. The summed E-state index contributed by atoms with van der Waals surface area (Å²) in [5, 5.41) is 0. The first kappa shape index (κ1) is 20.6. The minimum absolute atomic E-state index is 0.103. The van der Waals surface area contributed by atoms with E-state index in [1.165, 1.54) is 6.08 Å². The summed E-state index contributed by atoms with van der Waals surface area (Å²) >= 11 is 0. The van der Waals surface area contributed by atoms with Crippen molar-refractivity contribution in [3.8, 4) is 33.8 Å². The van der Waals surface area contributed by atoms with Gasteiger partial charge in [0.1, 0.15) is 18.1 Å². The van der Waals surface area contributed by atoms with Crippen LogP contribution in [-0.4, -0.2) is 18.7 Å². The first-order valence-electron chi connectivity index (χ1n) is 9.20. The molecule has 3 aromatic carbocycles. The van der Waals surface area contributed by atoms with Gasteiger partial charge in [0.25, 0.3) is 0 Å². The largest absolute Gasteiger partial charge is 0.514 e. The molecule has 0 radical (unpaired) electrons. The zero-order valence-electron chi connectivity index (χ0n) is 16.2. The lowest BCUT2D eigenvalue weighted by Crippen LogP contribution is -2.10. The van der Waals surface area contributed by atoms with Gasteiger partial charge >= 0.3 is 12.1 Å². The van der Waals surface area contributed by atoms with E-state index in [0.29, 0.717) is 11.5 Å². The molecule has 0 unspecified atom stereocenters. The van der Waals surface area contributed by atoms with Crippen molar-refractivity contribution in [1.29, 1.82) is 0 Å². The molecule has 0 bridgehead atoms. The van der Waals surface area contributed by atoms with Crippen LogP contribution >= 0.6 is 0 Å². The molecule has 30 heavy (non-hydrogen) atoms. The molecule has 0 aromatic heterocycles. The van der Waals surface area contributed by atoms with E-state index in [0.717, 1.165) is 28.3 Å². The molecule has 0 saturated heterocycles. The van der Waals surface area contributed by atoms with Crippen LogP contribution in [0.15, 0.2) is 98.1 Å². The Morgan fingerprint density at radius 2 is 1.07 bits per heavy atom. The second-order valence-corrected chi connectivity index (χ2v) is 6.20. The van der Waals surface area contributed by atoms with Gasteiger partial charge in [-0.3, -0.25) is 0 Å². The molecule has 0 atom stereocenters. The van der Waals surface area contributed by atoms with Gasteiger partial charge in [0.15, 0.2) is 0 Å². The highest BCUT2D eigenvalue weighted by molar-refractivity contribution is 5.83. The number of hydrogen-bond acceptors (Lipinski definition) is 5. The maximum Gasteiger partial charge on any atom is 0.514 e. The Hall–Kier alpha value is -4.12. The van der Waals surface area contributed by atoms with E-state index in [4.69, 9.17) is 14.2 Å². The number of carbonyl (C=O) groups is 2.